The minimum atomic E-state index is -4.38. The Labute approximate surface area is 71.4 Å². The number of alkyl halides is 3. The highest BCUT2D eigenvalue weighted by atomic mass is 19.4. The first-order valence-electron chi connectivity index (χ1n) is 3.59. The van der Waals surface area contributed by atoms with E-state index in [0.29, 0.717) is 5.39 Å². The summed E-state index contributed by atoms with van der Waals surface area (Å²) in [5, 5.41) is 0.674. The largest absolute Gasteiger partial charge is 0.433 e. The number of hydrogen-bond acceptors (Lipinski definition) is 1. The lowest BCUT2D eigenvalue weighted by molar-refractivity contribution is -0.141. The smallest absolute Gasteiger partial charge is 0.346 e. The molecule has 0 amide bonds. The van der Waals surface area contributed by atoms with E-state index in [4.69, 9.17) is 0 Å². The lowest BCUT2D eigenvalue weighted by Crippen LogP contribution is -2.07. The monoisotopic (exact) mass is 186 g/mol. The predicted octanol–water partition coefficient (Wildman–Crippen LogP) is 2.58. The molecule has 2 aromatic heterocycles. The molecule has 5 heteroatoms. The third kappa shape index (κ3) is 1.37. The summed E-state index contributed by atoms with van der Waals surface area (Å²) in [6.45, 7) is 0. The molecule has 0 saturated heterocycles. The highest BCUT2D eigenvalue weighted by Gasteiger charge is 2.32. The molecular weight excluding hydrogens is 181 g/mol. The number of nitrogens with one attached hydrogen (secondary N) is 1. The first-order valence-corrected chi connectivity index (χ1v) is 3.59. The molecule has 2 nitrogen and oxygen atoms in total. The Bertz CT molecular complexity index is 430. The van der Waals surface area contributed by atoms with E-state index in [2.05, 4.69) is 9.97 Å². The van der Waals surface area contributed by atoms with Gasteiger partial charge in [0.1, 0.15) is 11.3 Å². The van der Waals surface area contributed by atoms with Crippen molar-refractivity contribution in [3.05, 3.63) is 30.1 Å². The van der Waals surface area contributed by atoms with Crippen LogP contribution in [-0.4, -0.2) is 9.97 Å². The molecule has 0 fully saturated rings. The zero-order chi connectivity index (χ0) is 9.47. The van der Waals surface area contributed by atoms with Crippen molar-refractivity contribution in [3.8, 4) is 0 Å². The van der Waals surface area contributed by atoms with Gasteiger partial charge in [0.05, 0.1) is 0 Å². The van der Waals surface area contributed by atoms with Crippen molar-refractivity contribution in [2.75, 3.05) is 0 Å². The van der Waals surface area contributed by atoms with Gasteiger partial charge in [-0.05, 0) is 18.2 Å². The van der Waals surface area contributed by atoms with Crippen molar-refractivity contribution >= 4 is 11.0 Å². The second kappa shape index (κ2) is 2.48. The van der Waals surface area contributed by atoms with Crippen molar-refractivity contribution in [1.29, 1.82) is 0 Å². The van der Waals surface area contributed by atoms with Crippen LogP contribution in [-0.2, 0) is 6.18 Å². The highest BCUT2D eigenvalue weighted by Crippen LogP contribution is 2.28. The second-order valence-electron chi connectivity index (χ2n) is 2.61. The molecule has 0 spiro atoms. The Hall–Kier alpha value is -1.52. The van der Waals surface area contributed by atoms with Crippen LogP contribution in [0.1, 0.15) is 5.69 Å². The first-order chi connectivity index (χ1) is 6.07. The molecule has 2 heterocycles. The van der Waals surface area contributed by atoms with Gasteiger partial charge in [-0.25, -0.2) is 4.98 Å². The summed E-state index contributed by atoms with van der Waals surface area (Å²) in [6.07, 6.45) is -2.82. The van der Waals surface area contributed by atoms with Gasteiger partial charge in [0.25, 0.3) is 0 Å². The lowest BCUT2D eigenvalue weighted by Gasteiger charge is -2.04. The van der Waals surface area contributed by atoms with Crippen molar-refractivity contribution in [3.63, 3.8) is 0 Å². The Morgan fingerprint density at radius 1 is 1.15 bits per heavy atom. The molecule has 0 bridgehead atoms. The lowest BCUT2D eigenvalue weighted by atomic mass is 10.3. The van der Waals surface area contributed by atoms with Gasteiger partial charge in [-0.2, -0.15) is 13.2 Å². The van der Waals surface area contributed by atoms with Gasteiger partial charge < -0.3 is 4.98 Å². The van der Waals surface area contributed by atoms with Crippen LogP contribution in [0.25, 0.3) is 11.0 Å². The molecule has 0 aliphatic heterocycles. The molecule has 13 heavy (non-hydrogen) atoms. The number of aromatic nitrogens is 2. The molecule has 0 aliphatic rings. The van der Waals surface area contributed by atoms with Crippen LogP contribution in [0.4, 0.5) is 13.2 Å². The molecule has 1 N–H and O–H groups in total. The van der Waals surface area contributed by atoms with Crippen LogP contribution in [0.5, 0.6) is 0 Å². The maximum absolute atomic E-state index is 12.1. The third-order valence-electron chi connectivity index (χ3n) is 1.70. The Morgan fingerprint density at radius 2 is 1.92 bits per heavy atom. The van der Waals surface area contributed by atoms with Crippen LogP contribution < -0.4 is 0 Å². The summed E-state index contributed by atoms with van der Waals surface area (Å²) < 4.78 is 36.4. The van der Waals surface area contributed by atoms with Crippen molar-refractivity contribution in [2.45, 2.75) is 6.18 Å². The zero-order valence-corrected chi connectivity index (χ0v) is 6.39. The van der Waals surface area contributed by atoms with E-state index in [-0.39, 0.29) is 5.65 Å². The van der Waals surface area contributed by atoms with Gasteiger partial charge in [0.15, 0.2) is 0 Å². The molecule has 0 atom stereocenters. The summed E-state index contributed by atoms with van der Waals surface area (Å²) >= 11 is 0. The molecule has 2 rings (SSSR count). The van der Waals surface area contributed by atoms with Crippen molar-refractivity contribution < 1.29 is 13.2 Å². The van der Waals surface area contributed by atoms with Gasteiger partial charge >= 0.3 is 6.18 Å². The van der Waals surface area contributed by atoms with Crippen molar-refractivity contribution in [1.82, 2.24) is 9.97 Å². The van der Waals surface area contributed by atoms with Crippen LogP contribution in [0.3, 0.4) is 0 Å². The topological polar surface area (TPSA) is 28.7 Å². The number of hydrogen-bond donors (Lipinski definition) is 1. The van der Waals surface area contributed by atoms with Crippen LogP contribution >= 0.6 is 0 Å². The average Bonchev–Trinajstić information content (AvgIpc) is 2.47. The standard InChI is InChI=1S/C8H5F3N2/c9-8(10,11)6-2-1-5-3-4-12-7(5)13-6/h1-4H,(H,12,13). The highest BCUT2D eigenvalue weighted by molar-refractivity contribution is 5.75. The van der Waals surface area contributed by atoms with E-state index < -0.39 is 11.9 Å². The van der Waals surface area contributed by atoms with E-state index in [0.717, 1.165) is 6.07 Å². The summed E-state index contributed by atoms with van der Waals surface area (Å²) in [7, 11) is 0. The molecule has 0 saturated carbocycles. The number of rotatable bonds is 0. The van der Waals surface area contributed by atoms with E-state index in [1.165, 1.54) is 6.07 Å². The minimum Gasteiger partial charge on any atom is -0.346 e. The van der Waals surface area contributed by atoms with Gasteiger partial charge in [-0.1, -0.05) is 0 Å². The molecule has 0 unspecified atom stereocenters. The molecule has 0 radical (unpaired) electrons. The second-order valence-corrected chi connectivity index (χ2v) is 2.61. The van der Waals surface area contributed by atoms with Crippen LogP contribution in [0.15, 0.2) is 24.4 Å². The molecule has 0 aromatic carbocycles. The fourth-order valence-electron chi connectivity index (χ4n) is 1.09. The fraction of sp³-hybridized carbons (Fsp3) is 0.125. The van der Waals surface area contributed by atoms with E-state index >= 15 is 0 Å². The van der Waals surface area contributed by atoms with Gasteiger partial charge in [-0.3, -0.25) is 0 Å². The van der Waals surface area contributed by atoms with E-state index in [9.17, 15) is 13.2 Å². The number of H-pyrrole nitrogens is 1. The number of pyridine rings is 1. The van der Waals surface area contributed by atoms with E-state index in [1.54, 1.807) is 12.3 Å². The quantitative estimate of drug-likeness (QED) is 0.673. The average molecular weight is 186 g/mol. The summed E-state index contributed by atoms with van der Waals surface area (Å²) in [6, 6.07) is 4.03. The minimum absolute atomic E-state index is 0.259. The first kappa shape index (κ1) is 8.10. The van der Waals surface area contributed by atoms with Gasteiger partial charge in [0.2, 0.25) is 0 Å². The molecular formula is C8H5F3N2. The number of nitrogens with zero attached hydrogens (tertiary/aromatic N) is 1. The van der Waals surface area contributed by atoms with Crippen LogP contribution in [0, 0.1) is 0 Å². The summed E-state index contributed by atoms with van der Waals surface area (Å²) in [5.74, 6) is 0. The molecule has 68 valence electrons. The maximum Gasteiger partial charge on any atom is 0.433 e. The predicted molar refractivity (Wildman–Crippen MR) is 41.1 cm³/mol. The molecule has 0 aliphatic carbocycles. The summed E-state index contributed by atoms with van der Waals surface area (Å²) in [5.41, 5.74) is -0.614. The maximum atomic E-state index is 12.1. The van der Waals surface area contributed by atoms with Crippen molar-refractivity contribution in [2.24, 2.45) is 0 Å². The summed E-state index contributed by atoms with van der Waals surface area (Å²) in [4.78, 5) is 6.05. The third-order valence-corrected chi connectivity index (χ3v) is 1.70. The van der Waals surface area contributed by atoms with E-state index in [1.807, 2.05) is 0 Å². The van der Waals surface area contributed by atoms with Gasteiger partial charge in [-0.15, -0.1) is 0 Å². The van der Waals surface area contributed by atoms with Gasteiger partial charge in [0, 0.05) is 11.6 Å². The number of halogens is 3. The molecule has 2 aromatic rings. The Kier molecular flexibility index (Phi) is 1.55. The fourth-order valence-corrected chi connectivity index (χ4v) is 1.09. The zero-order valence-electron chi connectivity index (χ0n) is 6.39. The van der Waals surface area contributed by atoms with Crippen LogP contribution in [0.2, 0.25) is 0 Å². The normalized spacial score (nSPS) is 12.2. The SMILES string of the molecule is FC(F)(F)c1ccc2cc[nH]c2n1. The number of aromatic amines is 1. The Balaban J connectivity index is 2.61. The number of fused-ring (bicyclic) bond motifs is 1. The Morgan fingerprint density at radius 3 is 2.62 bits per heavy atom.